The molecule has 74 valence electrons. The van der Waals surface area contributed by atoms with Gasteiger partial charge in [-0.15, -0.1) is 0 Å². The molecule has 1 aliphatic rings. The molecule has 0 saturated heterocycles. The second kappa shape index (κ2) is 3.95. The number of benzene rings is 1. The summed E-state index contributed by atoms with van der Waals surface area (Å²) in [5, 5.41) is 0. The summed E-state index contributed by atoms with van der Waals surface area (Å²) in [5.41, 5.74) is 2.74. The van der Waals surface area contributed by atoms with Crippen molar-refractivity contribution in [2.24, 2.45) is 0 Å². The fourth-order valence-corrected chi connectivity index (χ4v) is 1.97. The van der Waals surface area contributed by atoms with Gasteiger partial charge in [0.25, 0.3) is 0 Å². The lowest BCUT2D eigenvalue weighted by Gasteiger charge is -2.24. The van der Waals surface area contributed by atoms with Crippen LogP contribution in [-0.2, 0) is 11.2 Å². The molecule has 2 rings (SSSR count). The highest BCUT2D eigenvalue weighted by molar-refractivity contribution is 5.86. The summed E-state index contributed by atoms with van der Waals surface area (Å²) in [5.74, 6) is 0.922. The number of carbonyl (C=O) groups excluding carboxylic acids is 1. The van der Waals surface area contributed by atoms with Gasteiger partial charge < -0.3 is 0 Å². The lowest BCUT2D eigenvalue weighted by molar-refractivity contribution is -0.124. The van der Waals surface area contributed by atoms with E-state index < -0.39 is 0 Å². The van der Waals surface area contributed by atoms with Gasteiger partial charge in [-0.3, -0.25) is 4.79 Å². The normalized spacial score (nSPS) is 16.8. The number of hydrogen-bond donors (Lipinski definition) is 0. The van der Waals surface area contributed by atoms with Crippen LogP contribution < -0.4 is 0 Å². The molecule has 0 aromatic heterocycles. The standard InChI is InChI=1S/C13H16O/c1-2-3-10-4-6-11(7-5-10)12-8-13(14)9-12/h4-7,12H,2-3,8-9H2,1H3. The van der Waals surface area contributed by atoms with Crippen molar-refractivity contribution in [1.82, 2.24) is 0 Å². The molecule has 0 heterocycles. The van der Waals surface area contributed by atoms with E-state index in [4.69, 9.17) is 0 Å². The van der Waals surface area contributed by atoms with E-state index in [0.717, 1.165) is 19.3 Å². The minimum atomic E-state index is 0.410. The molecule has 1 aliphatic carbocycles. The average molecular weight is 188 g/mol. The average Bonchev–Trinajstić information content (AvgIpc) is 2.15. The Morgan fingerprint density at radius 3 is 2.36 bits per heavy atom. The minimum Gasteiger partial charge on any atom is -0.300 e. The van der Waals surface area contributed by atoms with Crippen LogP contribution in [0.3, 0.4) is 0 Å². The number of carbonyl (C=O) groups is 1. The van der Waals surface area contributed by atoms with Crippen LogP contribution in [0.1, 0.15) is 43.2 Å². The van der Waals surface area contributed by atoms with Gasteiger partial charge in [-0.1, -0.05) is 37.6 Å². The molecule has 0 atom stereocenters. The summed E-state index contributed by atoms with van der Waals surface area (Å²) in [6, 6.07) is 8.76. The monoisotopic (exact) mass is 188 g/mol. The Morgan fingerprint density at radius 2 is 1.86 bits per heavy atom. The first kappa shape index (κ1) is 9.45. The zero-order valence-electron chi connectivity index (χ0n) is 8.62. The molecule has 0 bridgehead atoms. The predicted octanol–water partition coefficient (Wildman–Crippen LogP) is 3.09. The van der Waals surface area contributed by atoms with Crippen LogP contribution in [0.4, 0.5) is 0 Å². The van der Waals surface area contributed by atoms with E-state index in [9.17, 15) is 4.79 Å². The summed E-state index contributed by atoms with van der Waals surface area (Å²) in [4.78, 5) is 10.9. The molecule has 1 aromatic rings. The Hall–Kier alpha value is -1.11. The van der Waals surface area contributed by atoms with E-state index in [0.29, 0.717) is 11.7 Å². The molecule has 0 N–H and O–H groups in total. The van der Waals surface area contributed by atoms with Gasteiger partial charge in [0.05, 0.1) is 0 Å². The van der Waals surface area contributed by atoms with E-state index >= 15 is 0 Å². The molecule has 0 amide bonds. The Balaban J connectivity index is 2.03. The Morgan fingerprint density at radius 1 is 1.21 bits per heavy atom. The first-order valence-electron chi connectivity index (χ1n) is 5.40. The summed E-state index contributed by atoms with van der Waals surface area (Å²) >= 11 is 0. The van der Waals surface area contributed by atoms with Crippen LogP contribution >= 0.6 is 0 Å². The number of hydrogen-bond acceptors (Lipinski definition) is 1. The van der Waals surface area contributed by atoms with Crippen molar-refractivity contribution >= 4 is 5.78 Å². The molecular weight excluding hydrogens is 172 g/mol. The molecule has 1 heteroatoms. The first-order valence-corrected chi connectivity index (χ1v) is 5.40. The highest BCUT2D eigenvalue weighted by atomic mass is 16.1. The lowest BCUT2D eigenvalue weighted by atomic mass is 9.79. The van der Waals surface area contributed by atoms with Gasteiger partial charge in [0.15, 0.2) is 0 Å². The van der Waals surface area contributed by atoms with Crippen LogP contribution in [0.25, 0.3) is 0 Å². The van der Waals surface area contributed by atoms with Crippen LogP contribution in [0, 0.1) is 0 Å². The van der Waals surface area contributed by atoms with Gasteiger partial charge in [-0.2, -0.15) is 0 Å². The van der Waals surface area contributed by atoms with E-state index in [1.54, 1.807) is 0 Å². The number of rotatable bonds is 3. The summed E-state index contributed by atoms with van der Waals surface area (Å²) in [6.07, 6.45) is 3.87. The second-order valence-corrected chi connectivity index (χ2v) is 4.14. The van der Waals surface area contributed by atoms with E-state index in [1.807, 2.05) is 0 Å². The van der Waals surface area contributed by atoms with Crippen molar-refractivity contribution in [3.8, 4) is 0 Å². The van der Waals surface area contributed by atoms with Gasteiger partial charge in [0, 0.05) is 12.8 Å². The molecule has 1 nitrogen and oxygen atoms in total. The van der Waals surface area contributed by atoms with Gasteiger partial charge >= 0.3 is 0 Å². The van der Waals surface area contributed by atoms with Crippen molar-refractivity contribution in [1.29, 1.82) is 0 Å². The number of ketones is 1. The molecule has 0 radical (unpaired) electrons. The highest BCUT2D eigenvalue weighted by Crippen LogP contribution is 2.33. The molecule has 1 aromatic carbocycles. The zero-order valence-corrected chi connectivity index (χ0v) is 8.62. The van der Waals surface area contributed by atoms with E-state index in [2.05, 4.69) is 31.2 Å². The van der Waals surface area contributed by atoms with E-state index in [1.165, 1.54) is 17.5 Å². The second-order valence-electron chi connectivity index (χ2n) is 4.14. The number of Topliss-reactive ketones (excluding diaryl/α,β-unsaturated/α-hetero) is 1. The van der Waals surface area contributed by atoms with Gasteiger partial charge in [0.2, 0.25) is 0 Å². The maximum atomic E-state index is 10.9. The molecule has 0 spiro atoms. The fraction of sp³-hybridized carbons (Fsp3) is 0.462. The first-order chi connectivity index (χ1) is 6.79. The summed E-state index contributed by atoms with van der Waals surface area (Å²) < 4.78 is 0. The summed E-state index contributed by atoms with van der Waals surface area (Å²) in [6.45, 7) is 2.19. The fourth-order valence-electron chi connectivity index (χ4n) is 1.97. The van der Waals surface area contributed by atoms with Crippen LogP contribution in [0.15, 0.2) is 24.3 Å². The highest BCUT2D eigenvalue weighted by Gasteiger charge is 2.27. The quantitative estimate of drug-likeness (QED) is 0.712. The van der Waals surface area contributed by atoms with Crippen molar-refractivity contribution in [3.05, 3.63) is 35.4 Å². The third kappa shape index (κ3) is 1.87. The largest absolute Gasteiger partial charge is 0.300 e. The van der Waals surface area contributed by atoms with E-state index in [-0.39, 0.29) is 0 Å². The topological polar surface area (TPSA) is 17.1 Å². The molecule has 14 heavy (non-hydrogen) atoms. The molecule has 1 saturated carbocycles. The van der Waals surface area contributed by atoms with Gasteiger partial charge in [0.1, 0.15) is 5.78 Å². The van der Waals surface area contributed by atoms with Gasteiger partial charge in [-0.25, -0.2) is 0 Å². The van der Waals surface area contributed by atoms with Crippen molar-refractivity contribution in [2.75, 3.05) is 0 Å². The van der Waals surface area contributed by atoms with Crippen molar-refractivity contribution in [2.45, 2.75) is 38.5 Å². The van der Waals surface area contributed by atoms with Crippen LogP contribution in [0.5, 0.6) is 0 Å². The molecule has 0 unspecified atom stereocenters. The van der Waals surface area contributed by atoms with Crippen molar-refractivity contribution in [3.63, 3.8) is 0 Å². The smallest absolute Gasteiger partial charge is 0.134 e. The lowest BCUT2D eigenvalue weighted by Crippen LogP contribution is -2.20. The Kier molecular flexibility index (Phi) is 2.67. The van der Waals surface area contributed by atoms with Crippen molar-refractivity contribution < 1.29 is 4.79 Å². The zero-order chi connectivity index (χ0) is 9.97. The third-order valence-corrected chi connectivity index (χ3v) is 2.94. The molecule has 0 aliphatic heterocycles. The predicted molar refractivity (Wildman–Crippen MR) is 57.4 cm³/mol. The summed E-state index contributed by atoms with van der Waals surface area (Å²) in [7, 11) is 0. The SMILES string of the molecule is CCCc1ccc(C2CC(=O)C2)cc1. The van der Waals surface area contributed by atoms with Crippen LogP contribution in [-0.4, -0.2) is 5.78 Å². The molecular formula is C13H16O. The maximum Gasteiger partial charge on any atom is 0.134 e. The maximum absolute atomic E-state index is 10.9. The third-order valence-electron chi connectivity index (χ3n) is 2.94. The van der Waals surface area contributed by atoms with Crippen LogP contribution in [0.2, 0.25) is 0 Å². The number of aryl methyl sites for hydroxylation is 1. The van der Waals surface area contributed by atoms with Gasteiger partial charge in [-0.05, 0) is 23.5 Å². The minimum absolute atomic E-state index is 0.410. The Bertz CT molecular complexity index is 316. The molecule has 1 fully saturated rings. The Labute approximate surface area is 85.1 Å².